The highest BCUT2D eigenvalue weighted by atomic mass is 79.9. The second kappa shape index (κ2) is 8.27. The van der Waals surface area contributed by atoms with Gasteiger partial charge in [0.25, 0.3) is 0 Å². The van der Waals surface area contributed by atoms with Crippen molar-refractivity contribution in [1.82, 2.24) is 10.4 Å². The molecule has 1 aromatic rings. The number of piperidine rings is 1. The van der Waals surface area contributed by atoms with Gasteiger partial charge in [-0.3, -0.25) is 10.2 Å². The lowest BCUT2D eigenvalue weighted by Crippen LogP contribution is -2.45. The zero-order valence-corrected chi connectivity index (χ0v) is 13.2. The van der Waals surface area contributed by atoms with Crippen LogP contribution in [0.5, 0.6) is 5.75 Å². The van der Waals surface area contributed by atoms with Crippen molar-refractivity contribution in [2.45, 2.75) is 32.1 Å². The maximum absolute atomic E-state index is 11.8. The number of hydrazine groups is 1. The summed E-state index contributed by atoms with van der Waals surface area (Å²) in [6.45, 7) is 2.51. The van der Waals surface area contributed by atoms with Gasteiger partial charge in [-0.1, -0.05) is 22.4 Å². The van der Waals surface area contributed by atoms with Crippen molar-refractivity contribution in [1.29, 1.82) is 0 Å². The van der Waals surface area contributed by atoms with Crippen molar-refractivity contribution in [3.05, 3.63) is 28.7 Å². The molecule has 1 aromatic carbocycles. The highest BCUT2D eigenvalue weighted by Gasteiger charge is 2.12. The minimum absolute atomic E-state index is 0.0892. The van der Waals surface area contributed by atoms with E-state index in [4.69, 9.17) is 4.74 Å². The van der Waals surface area contributed by atoms with Crippen molar-refractivity contribution < 1.29 is 9.53 Å². The molecule has 1 amide bonds. The molecule has 1 heterocycles. The maximum atomic E-state index is 11.8. The first-order chi connectivity index (χ1) is 9.74. The van der Waals surface area contributed by atoms with E-state index < -0.39 is 0 Å². The van der Waals surface area contributed by atoms with E-state index in [-0.39, 0.29) is 5.91 Å². The van der Waals surface area contributed by atoms with Gasteiger partial charge in [0.05, 0.1) is 6.61 Å². The molecule has 1 fully saturated rings. The molecule has 2 rings (SSSR count). The Kier molecular flexibility index (Phi) is 6.33. The van der Waals surface area contributed by atoms with Gasteiger partial charge in [0.15, 0.2) is 0 Å². The molecule has 1 aliphatic heterocycles. The Morgan fingerprint density at radius 3 is 2.60 bits per heavy atom. The third-order valence-corrected chi connectivity index (χ3v) is 3.80. The predicted molar refractivity (Wildman–Crippen MR) is 82.4 cm³/mol. The number of carbonyl (C=O) groups is 1. The van der Waals surface area contributed by atoms with Gasteiger partial charge < -0.3 is 4.74 Å². The van der Waals surface area contributed by atoms with E-state index >= 15 is 0 Å². The summed E-state index contributed by atoms with van der Waals surface area (Å²) in [5, 5.41) is 2.03. The van der Waals surface area contributed by atoms with Crippen LogP contribution in [0.25, 0.3) is 0 Å². The molecule has 4 nitrogen and oxygen atoms in total. The van der Waals surface area contributed by atoms with E-state index in [2.05, 4.69) is 21.4 Å². The molecule has 0 radical (unpaired) electrons. The number of hydrogen-bond acceptors (Lipinski definition) is 3. The molecule has 110 valence electrons. The monoisotopic (exact) mass is 340 g/mol. The number of amides is 1. The van der Waals surface area contributed by atoms with Crippen LogP contribution >= 0.6 is 15.9 Å². The van der Waals surface area contributed by atoms with Crippen LogP contribution in [-0.4, -0.2) is 30.6 Å². The van der Waals surface area contributed by atoms with Crippen molar-refractivity contribution in [2.75, 3.05) is 19.7 Å². The molecule has 1 aliphatic rings. The molecule has 0 aliphatic carbocycles. The van der Waals surface area contributed by atoms with Gasteiger partial charge in [-0.05, 0) is 43.5 Å². The molecule has 0 unspecified atom stereocenters. The van der Waals surface area contributed by atoms with E-state index in [9.17, 15) is 4.79 Å². The van der Waals surface area contributed by atoms with Crippen LogP contribution < -0.4 is 10.2 Å². The highest BCUT2D eigenvalue weighted by Crippen LogP contribution is 2.16. The zero-order valence-electron chi connectivity index (χ0n) is 11.6. The Bertz CT molecular complexity index is 416. The Labute approximate surface area is 128 Å². The summed E-state index contributed by atoms with van der Waals surface area (Å²) in [6, 6.07) is 7.71. The molecular formula is C15H21BrN2O2. The third kappa shape index (κ3) is 5.51. The molecule has 5 heteroatoms. The minimum atomic E-state index is 0.0892. The number of ether oxygens (including phenoxy) is 1. The molecule has 0 spiro atoms. The van der Waals surface area contributed by atoms with E-state index in [0.717, 1.165) is 29.7 Å². The molecule has 0 aromatic heterocycles. The number of rotatable bonds is 6. The molecule has 1 N–H and O–H groups in total. The van der Waals surface area contributed by atoms with Crippen molar-refractivity contribution in [2.24, 2.45) is 0 Å². The smallest absolute Gasteiger partial charge is 0.234 e. The largest absolute Gasteiger partial charge is 0.494 e. The van der Waals surface area contributed by atoms with Crippen molar-refractivity contribution in [3.8, 4) is 5.75 Å². The topological polar surface area (TPSA) is 41.6 Å². The predicted octanol–water partition coefficient (Wildman–Crippen LogP) is 3.13. The normalized spacial score (nSPS) is 15.8. The quantitative estimate of drug-likeness (QED) is 0.809. The molecule has 0 saturated carbocycles. The van der Waals surface area contributed by atoms with Crippen LogP contribution in [0, 0.1) is 0 Å². The fourth-order valence-electron chi connectivity index (χ4n) is 2.19. The van der Waals surface area contributed by atoms with E-state index in [0.29, 0.717) is 13.0 Å². The van der Waals surface area contributed by atoms with Gasteiger partial charge in [-0.15, -0.1) is 0 Å². The molecule has 20 heavy (non-hydrogen) atoms. The molecule has 0 atom stereocenters. The number of carbonyl (C=O) groups excluding carboxylic acids is 1. The average Bonchev–Trinajstić information content (AvgIpc) is 2.46. The van der Waals surface area contributed by atoms with Gasteiger partial charge in [0, 0.05) is 24.0 Å². The Hall–Kier alpha value is -1.07. The van der Waals surface area contributed by atoms with Crippen LogP contribution in [0.15, 0.2) is 28.7 Å². The van der Waals surface area contributed by atoms with Crippen LogP contribution in [0.1, 0.15) is 32.1 Å². The van der Waals surface area contributed by atoms with Gasteiger partial charge in [-0.25, -0.2) is 5.01 Å². The third-order valence-electron chi connectivity index (χ3n) is 3.27. The Morgan fingerprint density at radius 1 is 1.20 bits per heavy atom. The first-order valence-corrected chi connectivity index (χ1v) is 7.96. The number of nitrogens with zero attached hydrogens (tertiary/aromatic N) is 1. The van der Waals surface area contributed by atoms with Crippen molar-refractivity contribution >= 4 is 21.8 Å². The van der Waals surface area contributed by atoms with Gasteiger partial charge in [0.2, 0.25) is 5.91 Å². The zero-order chi connectivity index (χ0) is 14.2. The average molecular weight is 341 g/mol. The summed E-state index contributed by atoms with van der Waals surface area (Å²) in [5.41, 5.74) is 2.96. The van der Waals surface area contributed by atoms with Crippen LogP contribution in [0.2, 0.25) is 0 Å². The standard InChI is InChI=1S/C15H21BrN2O2/c16-13-6-8-14(9-7-13)20-12-4-5-15(19)17-18-10-2-1-3-11-18/h6-9H,1-5,10-12H2,(H,17,19). The lowest BCUT2D eigenvalue weighted by molar-refractivity contribution is -0.126. The van der Waals surface area contributed by atoms with Crippen molar-refractivity contribution in [3.63, 3.8) is 0 Å². The summed E-state index contributed by atoms with van der Waals surface area (Å²) in [5.74, 6) is 0.927. The summed E-state index contributed by atoms with van der Waals surface area (Å²) >= 11 is 3.38. The highest BCUT2D eigenvalue weighted by molar-refractivity contribution is 9.10. The number of nitrogens with one attached hydrogen (secondary N) is 1. The van der Waals surface area contributed by atoms with Crippen LogP contribution in [0.4, 0.5) is 0 Å². The lowest BCUT2D eigenvalue weighted by atomic mass is 10.2. The van der Waals surface area contributed by atoms with Gasteiger partial charge >= 0.3 is 0 Å². The SMILES string of the molecule is O=C(CCCOc1ccc(Br)cc1)NN1CCCCC1. The second-order valence-electron chi connectivity index (χ2n) is 4.99. The summed E-state index contributed by atoms with van der Waals surface area (Å²) in [7, 11) is 0. The summed E-state index contributed by atoms with van der Waals surface area (Å²) < 4.78 is 6.62. The Morgan fingerprint density at radius 2 is 1.90 bits per heavy atom. The maximum Gasteiger partial charge on any atom is 0.234 e. The van der Waals surface area contributed by atoms with Gasteiger partial charge in [0.1, 0.15) is 5.75 Å². The summed E-state index contributed by atoms with van der Waals surface area (Å²) in [4.78, 5) is 11.8. The van der Waals surface area contributed by atoms with E-state index in [1.807, 2.05) is 29.3 Å². The Balaban J connectivity index is 1.58. The lowest BCUT2D eigenvalue weighted by Gasteiger charge is -2.26. The van der Waals surface area contributed by atoms with E-state index in [1.54, 1.807) is 0 Å². The first kappa shape index (κ1) is 15.3. The fourth-order valence-corrected chi connectivity index (χ4v) is 2.46. The molecule has 1 saturated heterocycles. The minimum Gasteiger partial charge on any atom is -0.494 e. The van der Waals surface area contributed by atoms with Gasteiger partial charge in [-0.2, -0.15) is 0 Å². The van der Waals surface area contributed by atoms with Crippen LogP contribution in [0.3, 0.4) is 0 Å². The first-order valence-electron chi connectivity index (χ1n) is 7.17. The molecular weight excluding hydrogens is 320 g/mol. The number of benzene rings is 1. The number of hydrogen-bond donors (Lipinski definition) is 1. The molecule has 0 bridgehead atoms. The summed E-state index contributed by atoms with van der Waals surface area (Å²) in [6.07, 6.45) is 4.86. The van der Waals surface area contributed by atoms with Crippen LogP contribution in [-0.2, 0) is 4.79 Å². The van der Waals surface area contributed by atoms with E-state index in [1.165, 1.54) is 19.3 Å². The second-order valence-corrected chi connectivity index (χ2v) is 5.90. The fraction of sp³-hybridized carbons (Fsp3) is 0.533. The number of halogens is 1.